The quantitative estimate of drug-likeness (QED) is 0.636. The predicted molar refractivity (Wildman–Crippen MR) is 123 cm³/mol. The fraction of sp³-hybridized carbons (Fsp3) is 0.435. The van der Waals surface area contributed by atoms with E-state index in [9.17, 15) is 13.2 Å². The second kappa shape index (κ2) is 10.5. The smallest absolute Gasteiger partial charge is 0.223 e. The summed E-state index contributed by atoms with van der Waals surface area (Å²) in [4.78, 5) is 12.7. The van der Waals surface area contributed by atoms with E-state index < -0.39 is 10.0 Å². The molecule has 1 saturated heterocycles. The Kier molecular flexibility index (Phi) is 7.97. The van der Waals surface area contributed by atoms with E-state index in [1.54, 1.807) is 24.3 Å². The van der Waals surface area contributed by atoms with Gasteiger partial charge in [-0.3, -0.25) is 4.79 Å². The van der Waals surface area contributed by atoms with Crippen molar-refractivity contribution in [2.45, 2.75) is 38.5 Å². The van der Waals surface area contributed by atoms with Gasteiger partial charge in [-0.2, -0.15) is 0 Å². The zero-order valence-electron chi connectivity index (χ0n) is 17.9. The molecular formula is C23H29ClN2O4S. The van der Waals surface area contributed by atoms with E-state index in [0.29, 0.717) is 43.1 Å². The summed E-state index contributed by atoms with van der Waals surface area (Å²) in [7, 11) is -3.43. The molecule has 1 atom stereocenters. The van der Waals surface area contributed by atoms with E-state index in [0.717, 1.165) is 11.3 Å². The van der Waals surface area contributed by atoms with Gasteiger partial charge in [0.05, 0.1) is 18.4 Å². The number of amides is 1. The van der Waals surface area contributed by atoms with E-state index in [1.165, 1.54) is 4.31 Å². The van der Waals surface area contributed by atoms with Crippen molar-refractivity contribution in [2.75, 3.05) is 19.7 Å². The lowest BCUT2D eigenvalue weighted by molar-refractivity contribution is -0.126. The fourth-order valence-electron chi connectivity index (χ4n) is 3.71. The van der Waals surface area contributed by atoms with Gasteiger partial charge in [-0.15, -0.1) is 0 Å². The average molecular weight is 465 g/mol. The van der Waals surface area contributed by atoms with Crippen LogP contribution in [0.25, 0.3) is 0 Å². The Morgan fingerprint density at radius 3 is 2.32 bits per heavy atom. The van der Waals surface area contributed by atoms with Crippen molar-refractivity contribution < 1.29 is 17.9 Å². The highest BCUT2D eigenvalue weighted by molar-refractivity contribution is 7.88. The summed E-state index contributed by atoms with van der Waals surface area (Å²) in [6.45, 7) is 5.20. The number of carbonyl (C=O) groups excluding carboxylic acids is 1. The maximum Gasteiger partial charge on any atom is 0.223 e. The van der Waals surface area contributed by atoms with Crippen molar-refractivity contribution in [1.29, 1.82) is 0 Å². The van der Waals surface area contributed by atoms with Crippen LogP contribution in [0.1, 0.15) is 43.9 Å². The number of hydrogen-bond donors (Lipinski definition) is 1. The molecule has 3 rings (SSSR count). The normalized spacial score (nSPS) is 16.6. The molecule has 0 aliphatic carbocycles. The van der Waals surface area contributed by atoms with Gasteiger partial charge in [0.1, 0.15) is 5.75 Å². The van der Waals surface area contributed by atoms with Gasteiger partial charge in [-0.1, -0.05) is 35.9 Å². The van der Waals surface area contributed by atoms with Crippen molar-refractivity contribution >= 4 is 27.5 Å². The highest BCUT2D eigenvalue weighted by Gasteiger charge is 2.31. The van der Waals surface area contributed by atoms with Gasteiger partial charge in [0, 0.05) is 24.0 Å². The van der Waals surface area contributed by atoms with Gasteiger partial charge in [0.25, 0.3) is 0 Å². The van der Waals surface area contributed by atoms with Crippen molar-refractivity contribution in [3.8, 4) is 5.75 Å². The van der Waals surface area contributed by atoms with Crippen LogP contribution in [-0.4, -0.2) is 38.3 Å². The topological polar surface area (TPSA) is 75.7 Å². The van der Waals surface area contributed by atoms with Crippen LogP contribution in [0.5, 0.6) is 5.75 Å². The first-order valence-corrected chi connectivity index (χ1v) is 12.5. The third kappa shape index (κ3) is 6.45. The molecule has 0 unspecified atom stereocenters. The zero-order valence-corrected chi connectivity index (χ0v) is 19.5. The Balaban J connectivity index is 1.51. The minimum Gasteiger partial charge on any atom is -0.494 e. The number of carbonyl (C=O) groups is 1. The summed E-state index contributed by atoms with van der Waals surface area (Å²) in [6.07, 6.45) is 1.03. The van der Waals surface area contributed by atoms with Crippen LogP contribution in [0.15, 0.2) is 48.5 Å². The first-order valence-electron chi connectivity index (χ1n) is 10.5. The van der Waals surface area contributed by atoms with Crippen molar-refractivity contribution in [1.82, 2.24) is 9.62 Å². The first-order chi connectivity index (χ1) is 14.8. The molecule has 0 spiro atoms. The van der Waals surface area contributed by atoms with Crippen molar-refractivity contribution in [2.24, 2.45) is 5.92 Å². The highest BCUT2D eigenvalue weighted by Crippen LogP contribution is 2.24. The average Bonchev–Trinajstić information content (AvgIpc) is 2.76. The van der Waals surface area contributed by atoms with E-state index in [-0.39, 0.29) is 23.6 Å². The Hall–Kier alpha value is -2.09. The first kappa shape index (κ1) is 23.6. The molecule has 2 aromatic carbocycles. The third-order valence-electron chi connectivity index (χ3n) is 5.53. The van der Waals surface area contributed by atoms with Crippen molar-refractivity contribution in [3.05, 3.63) is 64.7 Å². The molecule has 1 N–H and O–H groups in total. The molecule has 8 heteroatoms. The molecule has 0 radical (unpaired) electrons. The number of benzene rings is 2. The lowest BCUT2D eigenvalue weighted by Crippen LogP contribution is -2.43. The molecule has 0 aromatic heterocycles. The van der Waals surface area contributed by atoms with Gasteiger partial charge in [0.15, 0.2) is 0 Å². The summed E-state index contributed by atoms with van der Waals surface area (Å²) in [5.74, 6) is 0.524. The van der Waals surface area contributed by atoms with Crippen LogP contribution in [0, 0.1) is 5.92 Å². The SMILES string of the molecule is CCOc1ccc([C@@H](C)NC(=O)C2CCN(S(=O)(=O)Cc3ccc(Cl)cc3)CC2)cc1. The van der Waals surface area contributed by atoms with E-state index >= 15 is 0 Å². The number of hydrogen-bond acceptors (Lipinski definition) is 4. The lowest BCUT2D eigenvalue weighted by Gasteiger charge is -2.31. The summed E-state index contributed by atoms with van der Waals surface area (Å²) in [5.41, 5.74) is 1.70. The van der Waals surface area contributed by atoms with E-state index in [2.05, 4.69) is 5.32 Å². The van der Waals surface area contributed by atoms with Crippen molar-refractivity contribution in [3.63, 3.8) is 0 Å². The maximum absolute atomic E-state index is 12.7. The molecule has 1 aliphatic rings. The monoisotopic (exact) mass is 464 g/mol. The van der Waals surface area contributed by atoms with Gasteiger partial charge >= 0.3 is 0 Å². The van der Waals surface area contributed by atoms with Crippen LogP contribution in [0.3, 0.4) is 0 Å². The standard InChI is InChI=1S/C23H29ClN2O4S/c1-3-30-22-10-6-19(7-11-22)17(2)25-23(27)20-12-14-26(15-13-20)31(28,29)16-18-4-8-21(24)9-5-18/h4-11,17,20H,3,12-16H2,1-2H3,(H,25,27)/t17-/m1/s1. The zero-order chi connectivity index (χ0) is 22.4. The van der Waals surface area contributed by atoms with Crippen LogP contribution in [-0.2, 0) is 20.6 Å². The largest absolute Gasteiger partial charge is 0.494 e. The molecule has 1 amide bonds. The van der Waals surface area contributed by atoms with E-state index in [1.807, 2.05) is 38.1 Å². The third-order valence-corrected chi connectivity index (χ3v) is 7.63. The van der Waals surface area contributed by atoms with E-state index in [4.69, 9.17) is 16.3 Å². The van der Waals surface area contributed by atoms with Gasteiger partial charge in [-0.05, 0) is 62.1 Å². The fourth-order valence-corrected chi connectivity index (χ4v) is 5.40. The van der Waals surface area contributed by atoms with Crippen LogP contribution >= 0.6 is 11.6 Å². The summed E-state index contributed by atoms with van der Waals surface area (Å²) < 4.78 is 32.4. The molecule has 31 heavy (non-hydrogen) atoms. The Morgan fingerprint density at radius 2 is 1.74 bits per heavy atom. The molecule has 6 nitrogen and oxygen atoms in total. The summed E-state index contributed by atoms with van der Waals surface area (Å²) in [6, 6.07) is 14.4. The maximum atomic E-state index is 12.7. The number of piperidine rings is 1. The Bertz CT molecular complexity index is 970. The lowest BCUT2D eigenvalue weighted by atomic mass is 9.96. The van der Waals surface area contributed by atoms with Crippen LogP contribution in [0.2, 0.25) is 5.02 Å². The molecule has 0 saturated carbocycles. The number of sulfonamides is 1. The second-order valence-corrected chi connectivity index (χ2v) is 10.2. The second-order valence-electron chi connectivity index (χ2n) is 7.79. The summed E-state index contributed by atoms with van der Waals surface area (Å²) in [5, 5.41) is 3.63. The van der Waals surface area contributed by atoms with Crippen LogP contribution in [0.4, 0.5) is 0 Å². The van der Waals surface area contributed by atoms with Gasteiger partial charge in [-0.25, -0.2) is 12.7 Å². The van der Waals surface area contributed by atoms with Gasteiger partial charge < -0.3 is 10.1 Å². The number of halogens is 1. The minimum atomic E-state index is -3.43. The molecule has 2 aromatic rings. The molecular weight excluding hydrogens is 436 g/mol. The summed E-state index contributed by atoms with van der Waals surface area (Å²) >= 11 is 5.87. The Morgan fingerprint density at radius 1 is 1.13 bits per heavy atom. The number of ether oxygens (including phenoxy) is 1. The minimum absolute atomic E-state index is 0.0314. The molecule has 1 aliphatic heterocycles. The number of rotatable bonds is 8. The Labute approximate surface area is 189 Å². The molecule has 0 bridgehead atoms. The predicted octanol–water partition coefficient (Wildman–Crippen LogP) is 4.16. The molecule has 1 heterocycles. The van der Waals surface area contributed by atoms with Gasteiger partial charge in [0.2, 0.25) is 15.9 Å². The molecule has 1 fully saturated rings. The highest BCUT2D eigenvalue weighted by atomic mass is 35.5. The number of nitrogens with zero attached hydrogens (tertiary/aromatic N) is 1. The number of nitrogens with one attached hydrogen (secondary N) is 1. The van der Waals surface area contributed by atoms with Crippen LogP contribution < -0.4 is 10.1 Å². The molecule has 168 valence electrons.